The third kappa shape index (κ3) is 2.49. The van der Waals surface area contributed by atoms with Gasteiger partial charge in [-0.05, 0) is 25.3 Å². The fourth-order valence-corrected chi connectivity index (χ4v) is 2.37. The Morgan fingerprint density at radius 1 is 1.65 bits per heavy atom. The van der Waals surface area contributed by atoms with Crippen LogP contribution in [0.5, 0.6) is 0 Å². The van der Waals surface area contributed by atoms with Gasteiger partial charge in [-0.1, -0.05) is 6.92 Å². The van der Waals surface area contributed by atoms with Gasteiger partial charge >= 0.3 is 0 Å². The first-order valence-electron chi connectivity index (χ1n) is 6.20. The van der Waals surface area contributed by atoms with Crippen molar-refractivity contribution in [1.82, 2.24) is 15.1 Å². The molecule has 1 saturated heterocycles. The second-order valence-corrected chi connectivity index (χ2v) is 4.43. The molecule has 2 rings (SSSR count). The molecule has 94 valence electrons. The van der Waals surface area contributed by atoms with Gasteiger partial charge in [0.2, 0.25) is 5.91 Å². The molecule has 0 saturated carbocycles. The molecule has 5 heteroatoms. The van der Waals surface area contributed by atoms with E-state index < -0.39 is 0 Å². The first kappa shape index (κ1) is 12.1. The zero-order valence-corrected chi connectivity index (χ0v) is 10.1. The average Bonchev–Trinajstić information content (AvgIpc) is 2.86. The molecule has 1 fully saturated rings. The highest BCUT2D eigenvalue weighted by molar-refractivity contribution is 5.76. The molecule has 1 aromatic heterocycles. The van der Waals surface area contributed by atoms with Gasteiger partial charge in [0.05, 0.1) is 24.0 Å². The summed E-state index contributed by atoms with van der Waals surface area (Å²) in [5, 5.41) is 16.0. The molecule has 0 unspecified atom stereocenters. The van der Waals surface area contributed by atoms with Gasteiger partial charge in [0, 0.05) is 13.0 Å². The number of aliphatic hydroxyl groups is 1. The summed E-state index contributed by atoms with van der Waals surface area (Å²) in [7, 11) is 0. The van der Waals surface area contributed by atoms with Crippen LogP contribution in [0.25, 0.3) is 0 Å². The summed E-state index contributed by atoms with van der Waals surface area (Å²) in [6, 6.07) is 1.93. The van der Waals surface area contributed by atoms with Crippen molar-refractivity contribution in [3.05, 3.63) is 17.5 Å². The van der Waals surface area contributed by atoms with Crippen molar-refractivity contribution in [3.63, 3.8) is 0 Å². The molecule has 1 amide bonds. The summed E-state index contributed by atoms with van der Waals surface area (Å²) in [6.45, 7) is 2.66. The van der Waals surface area contributed by atoms with E-state index >= 15 is 0 Å². The van der Waals surface area contributed by atoms with Gasteiger partial charge in [-0.25, -0.2) is 0 Å². The van der Waals surface area contributed by atoms with E-state index in [2.05, 4.69) is 10.2 Å². The number of rotatable bonds is 3. The molecule has 0 radical (unpaired) electrons. The molecule has 2 N–H and O–H groups in total. The predicted molar refractivity (Wildman–Crippen MR) is 63.1 cm³/mol. The molecule has 17 heavy (non-hydrogen) atoms. The van der Waals surface area contributed by atoms with Crippen molar-refractivity contribution in [2.24, 2.45) is 0 Å². The van der Waals surface area contributed by atoms with Crippen LogP contribution in [-0.4, -0.2) is 32.7 Å². The third-order valence-corrected chi connectivity index (χ3v) is 3.29. The van der Waals surface area contributed by atoms with E-state index in [-0.39, 0.29) is 18.6 Å². The van der Waals surface area contributed by atoms with Crippen molar-refractivity contribution in [3.8, 4) is 0 Å². The van der Waals surface area contributed by atoms with Gasteiger partial charge in [-0.3, -0.25) is 9.89 Å². The topological polar surface area (TPSA) is 69.2 Å². The van der Waals surface area contributed by atoms with Crippen LogP contribution < -0.4 is 0 Å². The zero-order chi connectivity index (χ0) is 12.3. The van der Waals surface area contributed by atoms with Crippen LogP contribution in [-0.2, 0) is 11.4 Å². The number of aliphatic hydroxyl groups excluding tert-OH is 1. The quantitative estimate of drug-likeness (QED) is 0.834. The summed E-state index contributed by atoms with van der Waals surface area (Å²) in [5.74, 6) is 0.184. The van der Waals surface area contributed by atoms with Gasteiger partial charge in [0.15, 0.2) is 0 Å². The second-order valence-electron chi connectivity index (χ2n) is 4.43. The summed E-state index contributed by atoms with van der Waals surface area (Å²) in [5.41, 5.74) is 1.57. The molecule has 0 bridgehead atoms. The maximum absolute atomic E-state index is 11.9. The van der Waals surface area contributed by atoms with E-state index in [4.69, 9.17) is 5.11 Å². The van der Waals surface area contributed by atoms with E-state index in [0.717, 1.165) is 31.5 Å². The number of nitrogens with zero attached hydrogens (tertiary/aromatic N) is 2. The lowest BCUT2D eigenvalue weighted by Crippen LogP contribution is -2.38. The number of likely N-dealkylation sites (tertiary alicyclic amines) is 1. The number of carbonyl (C=O) groups is 1. The minimum Gasteiger partial charge on any atom is -0.390 e. The van der Waals surface area contributed by atoms with Crippen molar-refractivity contribution in [1.29, 1.82) is 0 Å². The van der Waals surface area contributed by atoms with Crippen molar-refractivity contribution < 1.29 is 9.90 Å². The largest absolute Gasteiger partial charge is 0.390 e. The van der Waals surface area contributed by atoms with E-state index in [1.807, 2.05) is 17.9 Å². The second kappa shape index (κ2) is 5.31. The Hall–Kier alpha value is -1.36. The Labute approximate surface area is 101 Å². The molecule has 0 aliphatic carbocycles. The first-order valence-corrected chi connectivity index (χ1v) is 6.20. The highest BCUT2D eigenvalue weighted by atomic mass is 16.3. The Balaban J connectivity index is 2.18. The number of H-pyrrole nitrogens is 1. The normalized spacial score (nSPS) is 20.6. The molecule has 1 atom stereocenters. The van der Waals surface area contributed by atoms with Crippen molar-refractivity contribution in [2.45, 2.75) is 45.3 Å². The lowest BCUT2D eigenvalue weighted by Gasteiger charge is -2.34. The molecule has 0 aromatic carbocycles. The Morgan fingerprint density at radius 3 is 3.12 bits per heavy atom. The number of hydrogen-bond donors (Lipinski definition) is 2. The predicted octanol–water partition coefficient (Wildman–Crippen LogP) is 1.37. The molecule has 2 heterocycles. The standard InChI is InChI=1S/C12H19N3O2/c1-2-12(17)15-6-4-3-5-11(15)10-7-9(8-16)13-14-10/h7,11,16H,2-6,8H2,1H3,(H,13,14)/t11-/m0/s1. The van der Waals surface area contributed by atoms with E-state index in [1.165, 1.54) is 0 Å². The lowest BCUT2D eigenvalue weighted by molar-refractivity contribution is -0.134. The first-order chi connectivity index (χ1) is 8.26. The Kier molecular flexibility index (Phi) is 3.78. The Bertz CT molecular complexity index is 389. The smallest absolute Gasteiger partial charge is 0.222 e. The number of piperidine rings is 1. The summed E-state index contributed by atoms with van der Waals surface area (Å²) < 4.78 is 0. The van der Waals surface area contributed by atoms with Crippen LogP contribution in [0.2, 0.25) is 0 Å². The molecule has 1 aromatic rings. The van der Waals surface area contributed by atoms with E-state index in [0.29, 0.717) is 12.1 Å². The number of aromatic nitrogens is 2. The molecular formula is C12H19N3O2. The molecular weight excluding hydrogens is 218 g/mol. The number of hydrogen-bond acceptors (Lipinski definition) is 3. The van der Waals surface area contributed by atoms with Gasteiger partial charge in [-0.15, -0.1) is 0 Å². The van der Waals surface area contributed by atoms with Crippen LogP contribution in [0.4, 0.5) is 0 Å². The van der Waals surface area contributed by atoms with Crippen LogP contribution >= 0.6 is 0 Å². The number of amides is 1. The van der Waals surface area contributed by atoms with Gasteiger partial charge < -0.3 is 10.0 Å². The van der Waals surface area contributed by atoms with Gasteiger partial charge in [0.25, 0.3) is 0 Å². The van der Waals surface area contributed by atoms with E-state index in [9.17, 15) is 4.79 Å². The number of aromatic amines is 1. The van der Waals surface area contributed by atoms with Gasteiger partial charge in [0.1, 0.15) is 0 Å². The highest BCUT2D eigenvalue weighted by Gasteiger charge is 2.28. The monoisotopic (exact) mass is 237 g/mol. The number of nitrogens with one attached hydrogen (secondary N) is 1. The number of carbonyl (C=O) groups excluding carboxylic acids is 1. The molecule has 1 aliphatic heterocycles. The fraction of sp³-hybridized carbons (Fsp3) is 0.667. The summed E-state index contributed by atoms with van der Waals surface area (Å²) >= 11 is 0. The highest BCUT2D eigenvalue weighted by Crippen LogP contribution is 2.30. The van der Waals surface area contributed by atoms with Crippen LogP contribution in [0.3, 0.4) is 0 Å². The minimum absolute atomic E-state index is 0.0402. The summed E-state index contributed by atoms with van der Waals surface area (Å²) in [6.07, 6.45) is 3.69. The average molecular weight is 237 g/mol. The minimum atomic E-state index is -0.0402. The molecule has 1 aliphatic rings. The SMILES string of the molecule is CCC(=O)N1CCCC[C@H]1c1cc(CO)[nH]n1. The van der Waals surface area contributed by atoms with Crippen LogP contribution in [0, 0.1) is 0 Å². The Morgan fingerprint density at radius 2 is 2.47 bits per heavy atom. The lowest BCUT2D eigenvalue weighted by atomic mass is 9.99. The fourth-order valence-electron chi connectivity index (χ4n) is 2.37. The summed E-state index contributed by atoms with van der Waals surface area (Å²) in [4.78, 5) is 13.8. The van der Waals surface area contributed by atoms with Gasteiger partial charge in [-0.2, -0.15) is 5.10 Å². The third-order valence-electron chi connectivity index (χ3n) is 3.29. The maximum Gasteiger partial charge on any atom is 0.222 e. The zero-order valence-electron chi connectivity index (χ0n) is 10.1. The van der Waals surface area contributed by atoms with Crippen LogP contribution in [0.15, 0.2) is 6.07 Å². The maximum atomic E-state index is 11.9. The molecule has 5 nitrogen and oxygen atoms in total. The van der Waals surface area contributed by atoms with Crippen LogP contribution in [0.1, 0.15) is 50.0 Å². The molecule has 0 spiro atoms. The van der Waals surface area contributed by atoms with Crippen molar-refractivity contribution in [2.75, 3.05) is 6.54 Å². The van der Waals surface area contributed by atoms with E-state index in [1.54, 1.807) is 0 Å². The van der Waals surface area contributed by atoms with Crippen molar-refractivity contribution >= 4 is 5.91 Å².